The van der Waals surface area contributed by atoms with E-state index in [0.29, 0.717) is 12.1 Å². The molecule has 0 spiro atoms. The van der Waals surface area contributed by atoms with Crippen LogP contribution in [0.5, 0.6) is 0 Å². The first-order valence-corrected chi connectivity index (χ1v) is 12.3. The Labute approximate surface area is 213 Å². The number of hydrogen-bond acceptors (Lipinski definition) is 3. The molecule has 3 rings (SSSR count). The van der Waals surface area contributed by atoms with Crippen molar-refractivity contribution in [2.75, 3.05) is 18.6 Å². The fourth-order valence-corrected chi connectivity index (χ4v) is 4.80. The largest absolute Gasteiger partial charge is 0.453 e. The number of ether oxygens (including phenoxy) is 1. The van der Waals surface area contributed by atoms with Gasteiger partial charge in [0.15, 0.2) is 0 Å². The van der Waals surface area contributed by atoms with Crippen molar-refractivity contribution >= 4 is 11.8 Å². The summed E-state index contributed by atoms with van der Waals surface area (Å²) in [6.07, 6.45) is -7.11. The van der Waals surface area contributed by atoms with Crippen molar-refractivity contribution in [3.63, 3.8) is 0 Å². The van der Waals surface area contributed by atoms with Crippen LogP contribution < -0.4 is 4.90 Å². The Kier molecular flexibility index (Phi) is 8.70. The topological polar surface area (TPSA) is 32.8 Å². The molecule has 4 nitrogen and oxygen atoms in total. The summed E-state index contributed by atoms with van der Waals surface area (Å²) >= 11 is 0. The maximum Gasteiger partial charge on any atom is 0.416 e. The Morgan fingerprint density at radius 2 is 1.49 bits per heavy atom. The number of methoxy groups -OCH3 is 1. The molecule has 0 fully saturated rings. The highest BCUT2D eigenvalue weighted by atomic mass is 19.4. The molecule has 0 saturated carbocycles. The van der Waals surface area contributed by atoms with E-state index in [1.165, 1.54) is 5.56 Å². The molecule has 0 radical (unpaired) electrons. The third-order valence-electron chi connectivity index (χ3n) is 6.51. The molecule has 10 heteroatoms. The second kappa shape index (κ2) is 11.2. The van der Waals surface area contributed by atoms with Gasteiger partial charge >= 0.3 is 18.4 Å². The molecule has 0 unspecified atom stereocenters. The molecule has 204 valence electrons. The van der Waals surface area contributed by atoms with Gasteiger partial charge in [-0.05, 0) is 86.1 Å². The average Bonchev–Trinajstić information content (AvgIpc) is 3.27. The Hall–Kier alpha value is -2.91. The molecular weight excluding hydrogens is 498 g/mol. The molecule has 0 heterocycles. The van der Waals surface area contributed by atoms with Gasteiger partial charge in [0.05, 0.1) is 24.8 Å². The number of nitrogens with zero attached hydrogens (tertiary/aromatic N) is 2. The molecule has 1 aliphatic carbocycles. The molecule has 0 N–H and O–H groups in total. The minimum Gasteiger partial charge on any atom is -0.453 e. The number of carbonyl (C=O) groups excluding carboxylic acids is 1. The summed E-state index contributed by atoms with van der Waals surface area (Å²) in [6.45, 7) is 6.39. The van der Waals surface area contributed by atoms with E-state index in [2.05, 4.69) is 17.9 Å². The zero-order valence-corrected chi connectivity index (χ0v) is 21.4. The molecule has 0 atom stereocenters. The first-order chi connectivity index (χ1) is 17.2. The minimum atomic E-state index is -4.98. The maximum atomic E-state index is 13.4. The van der Waals surface area contributed by atoms with Crippen molar-refractivity contribution < 1.29 is 35.9 Å². The Balaban J connectivity index is 2.06. The lowest BCUT2D eigenvalue weighted by atomic mass is 10.0. The third-order valence-corrected chi connectivity index (χ3v) is 6.51. The molecule has 0 aromatic heterocycles. The van der Waals surface area contributed by atoms with Gasteiger partial charge in [-0.15, -0.1) is 0 Å². The first-order valence-electron chi connectivity index (χ1n) is 12.3. The molecule has 1 aliphatic rings. The highest BCUT2D eigenvalue weighted by Crippen LogP contribution is 2.37. The minimum absolute atomic E-state index is 0.0280. The van der Waals surface area contributed by atoms with Crippen LogP contribution in [0.1, 0.15) is 67.0 Å². The van der Waals surface area contributed by atoms with Gasteiger partial charge in [0.1, 0.15) is 0 Å². The number of amides is 1. The van der Waals surface area contributed by atoms with Crippen molar-refractivity contribution in [3.05, 3.63) is 63.7 Å². The lowest BCUT2D eigenvalue weighted by molar-refractivity contribution is -0.143. The number of hydrogen-bond donors (Lipinski definition) is 0. The summed E-state index contributed by atoms with van der Waals surface area (Å²) in [7, 11) is 1.13. The van der Waals surface area contributed by atoms with Crippen molar-refractivity contribution in [3.8, 4) is 0 Å². The lowest BCUT2D eigenvalue weighted by Gasteiger charge is -2.33. The van der Waals surface area contributed by atoms with Crippen LogP contribution in [0, 0.1) is 0 Å². The van der Waals surface area contributed by atoms with E-state index in [9.17, 15) is 31.1 Å². The number of alkyl halides is 6. The summed E-state index contributed by atoms with van der Waals surface area (Å²) in [6, 6.07) is 5.62. The Bertz CT molecular complexity index is 1080. The van der Waals surface area contributed by atoms with E-state index in [-0.39, 0.29) is 24.2 Å². The van der Waals surface area contributed by atoms with Gasteiger partial charge in [0.2, 0.25) is 0 Å². The number of halogens is 6. The molecule has 37 heavy (non-hydrogen) atoms. The van der Waals surface area contributed by atoms with Crippen molar-refractivity contribution in [2.24, 2.45) is 0 Å². The van der Waals surface area contributed by atoms with Gasteiger partial charge in [-0.1, -0.05) is 13.0 Å². The predicted octanol–water partition coefficient (Wildman–Crippen LogP) is 7.61. The number of aryl methyl sites for hydroxylation is 2. The average molecular weight is 531 g/mol. The summed E-state index contributed by atoms with van der Waals surface area (Å²) in [5.74, 6) is 0. The van der Waals surface area contributed by atoms with Crippen LogP contribution in [0.3, 0.4) is 0 Å². The van der Waals surface area contributed by atoms with Gasteiger partial charge in [-0.25, -0.2) is 4.79 Å². The number of anilines is 1. The molecule has 1 amide bonds. The van der Waals surface area contributed by atoms with Gasteiger partial charge < -0.3 is 9.64 Å². The van der Waals surface area contributed by atoms with E-state index >= 15 is 0 Å². The molecular formula is C27H32F6N2O2. The van der Waals surface area contributed by atoms with Crippen molar-refractivity contribution in [1.82, 2.24) is 4.90 Å². The number of fused-ring (bicyclic) bond motifs is 1. The van der Waals surface area contributed by atoms with Crippen LogP contribution in [-0.4, -0.2) is 30.7 Å². The molecule has 0 saturated heterocycles. The Morgan fingerprint density at radius 1 is 0.919 bits per heavy atom. The Morgan fingerprint density at radius 3 is 1.97 bits per heavy atom. The van der Waals surface area contributed by atoms with Crippen molar-refractivity contribution in [1.29, 1.82) is 0 Å². The summed E-state index contributed by atoms with van der Waals surface area (Å²) in [4.78, 5) is 16.0. The smallest absolute Gasteiger partial charge is 0.416 e. The fourth-order valence-electron chi connectivity index (χ4n) is 4.80. The van der Waals surface area contributed by atoms with Crippen LogP contribution in [0.2, 0.25) is 0 Å². The second-order valence-corrected chi connectivity index (χ2v) is 9.63. The van der Waals surface area contributed by atoms with E-state index in [0.717, 1.165) is 61.1 Å². The van der Waals surface area contributed by atoms with Crippen molar-refractivity contribution in [2.45, 2.75) is 77.9 Å². The molecule has 2 aromatic rings. The van der Waals surface area contributed by atoms with Crippen LogP contribution in [-0.2, 0) is 43.0 Å². The van der Waals surface area contributed by atoms with Crippen LogP contribution in [0.15, 0.2) is 30.3 Å². The monoisotopic (exact) mass is 530 g/mol. The molecule has 2 aromatic carbocycles. The standard InChI is InChI=1S/C27H32F6N2O2/c1-5-9-35(17(2)3)24-13-20-8-6-7-19(20)12-21(24)16-34(25(36)37-4)15-18-10-22(26(28,29)30)14-23(11-18)27(31,32)33/h10-14,17H,5-9,15-16H2,1-4H3. The number of rotatable bonds is 8. The van der Waals surface area contributed by atoms with Gasteiger partial charge in [0, 0.05) is 24.8 Å². The zero-order chi connectivity index (χ0) is 27.5. The quantitative estimate of drug-likeness (QED) is 0.330. The summed E-state index contributed by atoms with van der Waals surface area (Å²) < 4.78 is 85.2. The second-order valence-electron chi connectivity index (χ2n) is 9.63. The fraction of sp³-hybridized carbons (Fsp3) is 0.519. The van der Waals surface area contributed by atoms with Gasteiger partial charge in [0.25, 0.3) is 0 Å². The highest BCUT2D eigenvalue weighted by molar-refractivity contribution is 5.69. The predicted molar refractivity (Wildman–Crippen MR) is 129 cm³/mol. The normalized spacial score (nSPS) is 13.6. The first kappa shape index (κ1) is 28.7. The lowest BCUT2D eigenvalue weighted by Crippen LogP contribution is -2.35. The van der Waals surface area contributed by atoms with Gasteiger partial charge in [-0.3, -0.25) is 4.90 Å². The number of carbonyl (C=O) groups is 1. The van der Waals surface area contributed by atoms with E-state index in [1.54, 1.807) is 0 Å². The SMILES string of the molecule is CCCN(c1cc2c(cc1CN(Cc1cc(C(F)(F)F)cc(C(F)(F)F)c1)C(=O)OC)CCC2)C(C)C. The van der Waals surface area contributed by atoms with E-state index in [1.807, 2.05) is 19.9 Å². The van der Waals surface area contributed by atoms with Crippen LogP contribution in [0.4, 0.5) is 36.8 Å². The number of benzene rings is 2. The third kappa shape index (κ3) is 6.90. The highest BCUT2D eigenvalue weighted by Gasteiger charge is 2.37. The maximum absolute atomic E-state index is 13.4. The summed E-state index contributed by atoms with van der Waals surface area (Å²) in [5.41, 5.74) is 0.913. The van der Waals surface area contributed by atoms with E-state index < -0.39 is 36.1 Å². The molecule has 0 bridgehead atoms. The van der Waals surface area contributed by atoms with E-state index in [4.69, 9.17) is 4.74 Å². The van der Waals surface area contributed by atoms with Crippen LogP contribution in [0.25, 0.3) is 0 Å². The molecule has 0 aliphatic heterocycles. The summed E-state index contributed by atoms with van der Waals surface area (Å²) in [5, 5.41) is 0. The van der Waals surface area contributed by atoms with Crippen LogP contribution >= 0.6 is 0 Å². The van der Waals surface area contributed by atoms with Gasteiger partial charge in [-0.2, -0.15) is 26.3 Å². The zero-order valence-electron chi connectivity index (χ0n) is 21.4.